The van der Waals surface area contributed by atoms with Gasteiger partial charge in [0.25, 0.3) is 0 Å². The smallest absolute Gasteiger partial charge is 0.228 e. The molecule has 0 radical (unpaired) electrons. The SMILES string of the molecule is O=C(N1CCC2(C=Cc3ccccc32)CC1)C12CC3CC(CC(C3)C1)C2. The van der Waals surface area contributed by atoms with Crippen molar-refractivity contribution in [2.45, 2.75) is 56.8 Å². The summed E-state index contributed by atoms with van der Waals surface area (Å²) in [6, 6.07) is 8.83. The lowest BCUT2D eigenvalue weighted by molar-refractivity contribution is -0.159. The van der Waals surface area contributed by atoms with Crippen LogP contribution in [0.1, 0.15) is 62.5 Å². The van der Waals surface area contributed by atoms with Gasteiger partial charge in [-0.2, -0.15) is 0 Å². The Bertz CT molecular complexity index is 748. The molecule has 1 aromatic rings. The Balaban J connectivity index is 1.22. The fourth-order valence-corrected chi connectivity index (χ4v) is 7.69. The minimum absolute atomic E-state index is 0.0304. The zero-order valence-corrected chi connectivity index (χ0v) is 15.6. The van der Waals surface area contributed by atoms with Gasteiger partial charge in [-0.15, -0.1) is 0 Å². The molecule has 1 heterocycles. The Hall–Kier alpha value is -1.57. The maximum atomic E-state index is 13.6. The lowest BCUT2D eigenvalue weighted by atomic mass is 9.49. The van der Waals surface area contributed by atoms with E-state index in [2.05, 4.69) is 41.3 Å². The van der Waals surface area contributed by atoms with Gasteiger partial charge in [0.05, 0.1) is 5.41 Å². The maximum absolute atomic E-state index is 13.6. The highest BCUT2D eigenvalue weighted by Gasteiger charge is 2.56. The first-order chi connectivity index (χ1) is 12.7. The number of nitrogens with zero attached hydrogens (tertiary/aromatic N) is 1. The summed E-state index contributed by atoms with van der Waals surface area (Å²) in [6.07, 6.45) is 14.7. The third-order valence-corrected chi connectivity index (χ3v) is 8.51. The quantitative estimate of drug-likeness (QED) is 0.715. The summed E-state index contributed by atoms with van der Waals surface area (Å²) < 4.78 is 0. The summed E-state index contributed by atoms with van der Waals surface area (Å²) >= 11 is 0. The predicted molar refractivity (Wildman–Crippen MR) is 104 cm³/mol. The van der Waals surface area contributed by atoms with Crippen LogP contribution in [0.5, 0.6) is 0 Å². The third kappa shape index (κ3) is 2.08. The lowest BCUT2D eigenvalue weighted by Crippen LogP contribution is -2.56. The summed E-state index contributed by atoms with van der Waals surface area (Å²) in [5.41, 5.74) is 3.09. The van der Waals surface area contributed by atoms with E-state index in [-0.39, 0.29) is 10.8 Å². The molecule has 5 aliphatic carbocycles. The van der Waals surface area contributed by atoms with Crippen LogP contribution in [0.4, 0.5) is 0 Å². The molecule has 5 fully saturated rings. The van der Waals surface area contributed by atoms with Crippen LogP contribution in [0.15, 0.2) is 30.3 Å². The summed E-state index contributed by atoms with van der Waals surface area (Å²) in [7, 11) is 0. The van der Waals surface area contributed by atoms with Crippen LogP contribution in [0, 0.1) is 23.2 Å². The molecule has 1 aliphatic heterocycles. The summed E-state index contributed by atoms with van der Waals surface area (Å²) in [5.74, 6) is 3.09. The van der Waals surface area contributed by atoms with E-state index in [1.807, 2.05) is 0 Å². The minimum atomic E-state index is 0.0304. The number of likely N-dealkylation sites (tertiary alicyclic amines) is 1. The van der Waals surface area contributed by atoms with E-state index in [0.717, 1.165) is 43.7 Å². The van der Waals surface area contributed by atoms with Gasteiger partial charge in [0.1, 0.15) is 0 Å². The average Bonchev–Trinajstić information content (AvgIpc) is 2.99. The molecule has 1 saturated heterocycles. The largest absolute Gasteiger partial charge is 0.342 e. The van der Waals surface area contributed by atoms with Gasteiger partial charge in [-0.3, -0.25) is 4.79 Å². The molecule has 0 aromatic heterocycles. The van der Waals surface area contributed by atoms with Crippen molar-refractivity contribution in [1.82, 2.24) is 4.90 Å². The molecule has 1 spiro atoms. The minimum Gasteiger partial charge on any atom is -0.342 e. The summed E-state index contributed by atoms with van der Waals surface area (Å²) in [4.78, 5) is 15.9. The van der Waals surface area contributed by atoms with Gasteiger partial charge in [-0.1, -0.05) is 36.4 Å². The summed E-state index contributed by atoms with van der Waals surface area (Å²) in [5, 5.41) is 0. The highest BCUT2D eigenvalue weighted by Crippen LogP contribution is 2.60. The highest BCUT2D eigenvalue weighted by molar-refractivity contribution is 5.83. The summed E-state index contributed by atoms with van der Waals surface area (Å²) in [6.45, 7) is 1.89. The molecule has 1 aromatic carbocycles. The third-order valence-electron chi connectivity index (χ3n) is 8.51. The number of hydrogen-bond acceptors (Lipinski definition) is 1. The van der Waals surface area contributed by atoms with Crippen molar-refractivity contribution in [2.24, 2.45) is 23.2 Å². The van der Waals surface area contributed by atoms with Gasteiger partial charge in [0, 0.05) is 18.5 Å². The Morgan fingerprint density at radius 1 is 0.923 bits per heavy atom. The number of benzene rings is 1. The first-order valence-electron chi connectivity index (χ1n) is 10.7. The molecule has 26 heavy (non-hydrogen) atoms. The van der Waals surface area contributed by atoms with Crippen LogP contribution >= 0.6 is 0 Å². The van der Waals surface area contributed by atoms with Gasteiger partial charge in [-0.25, -0.2) is 0 Å². The van der Waals surface area contributed by atoms with E-state index in [0.29, 0.717) is 5.91 Å². The molecule has 7 rings (SSSR count). The fraction of sp³-hybridized carbons (Fsp3) is 0.625. The van der Waals surface area contributed by atoms with E-state index >= 15 is 0 Å². The number of carbonyl (C=O) groups excluding carboxylic acids is 1. The van der Waals surface area contributed by atoms with Crippen LogP contribution in [0.2, 0.25) is 0 Å². The molecule has 6 aliphatic rings. The zero-order chi connectivity index (χ0) is 17.4. The van der Waals surface area contributed by atoms with E-state index < -0.39 is 0 Å². The molecule has 4 saturated carbocycles. The van der Waals surface area contributed by atoms with Crippen molar-refractivity contribution in [2.75, 3.05) is 13.1 Å². The van der Waals surface area contributed by atoms with Gasteiger partial charge in [0.15, 0.2) is 0 Å². The molecule has 136 valence electrons. The van der Waals surface area contributed by atoms with Crippen LogP contribution < -0.4 is 0 Å². The average molecular weight is 348 g/mol. The Morgan fingerprint density at radius 3 is 2.19 bits per heavy atom. The molecule has 0 atom stereocenters. The second-order valence-electron chi connectivity index (χ2n) is 10.1. The normalized spacial score (nSPS) is 38.8. The number of fused-ring (bicyclic) bond motifs is 2. The highest BCUT2D eigenvalue weighted by atomic mass is 16.2. The maximum Gasteiger partial charge on any atom is 0.228 e. The van der Waals surface area contributed by atoms with Gasteiger partial charge in [0.2, 0.25) is 5.91 Å². The molecular weight excluding hydrogens is 318 g/mol. The van der Waals surface area contributed by atoms with Crippen LogP contribution in [-0.2, 0) is 10.2 Å². The first-order valence-corrected chi connectivity index (χ1v) is 10.7. The second kappa shape index (κ2) is 5.24. The number of amides is 1. The Labute approximate surface area is 156 Å². The van der Waals surface area contributed by atoms with E-state index in [1.54, 1.807) is 0 Å². The molecule has 2 nitrogen and oxygen atoms in total. The number of allylic oxidation sites excluding steroid dienone is 1. The van der Waals surface area contributed by atoms with Crippen molar-refractivity contribution >= 4 is 12.0 Å². The standard InChI is InChI=1S/C24H29NO/c26-22(24-14-17-11-18(15-24)13-19(12-17)16-24)25-9-7-23(8-10-25)6-5-20-3-1-2-4-21(20)23/h1-6,17-19H,7-16H2. The molecule has 0 N–H and O–H groups in total. The number of hydrogen-bond donors (Lipinski definition) is 0. The van der Waals surface area contributed by atoms with Gasteiger partial charge in [-0.05, 0) is 80.2 Å². The van der Waals surface area contributed by atoms with Crippen LogP contribution in [-0.4, -0.2) is 23.9 Å². The van der Waals surface area contributed by atoms with Crippen molar-refractivity contribution < 1.29 is 4.79 Å². The molecule has 2 heteroatoms. The lowest BCUT2D eigenvalue weighted by Gasteiger charge is -2.57. The van der Waals surface area contributed by atoms with Gasteiger partial charge < -0.3 is 4.90 Å². The van der Waals surface area contributed by atoms with Crippen molar-refractivity contribution in [3.63, 3.8) is 0 Å². The van der Waals surface area contributed by atoms with E-state index in [1.165, 1.54) is 49.7 Å². The van der Waals surface area contributed by atoms with Gasteiger partial charge >= 0.3 is 0 Å². The zero-order valence-electron chi connectivity index (χ0n) is 15.6. The Morgan fingerprint density at radius 2 is 1.54 bits per heavy atom. The van der Waals surface area contributed by atoms with Crippen molar-refractivity contribution in [3.8, 4) is 0 Å². The van der Waals surface area contributed by atoms with Crippen LogP contribution in [0.3, 0.4) is 0 Å². The number of carbonyl (C=O) groups is 1. The Kier molecular flexibility index (Phi) is 3.12. The first kappa shape index (κ1) is 15.5. The molecule has 4 bridgehead atoms. The van der Waals surface area contributed by atoms with Crippen LogP contribution in [0.25, 0.3) is 6.08 Å². The fourth-order valence-electron chi connectivity index (χ4n) is 7.69. The number of rotatable bonds is 1. The number of piperidine rings is 1. The topological polar surface area (TPSA) is 20.3 Å². The predicted octanol–water partition coefficient (Wildman–Crippen LogP) is 4.79. The molecular formula is C24H29NO. The molecule has 0 unspecified atom stereocenters. The van der Waals surface area contributed by atoms with E-state index in [9.17, 15) is 4.79 Å². The monoisotopic (exact) mass is 347 g/mol. The van der Waals surface area contributed by atoms with Crippen molar-refractivity contribution in [1.29, 1.82) is 0 Å². The van der Waals surface area contributed by atoms with Crippen molar-refractivity contribution in [3.05, 3.63) is 41.5 Å². The molecule has 1 amide bonds. The van der Waals surface area contributed by atoms with E-state index in [4.69, 9.17) is 0 Å². The second-order valence-corrected chi connectivity index (χ2v) is 10.1.